The molecule has 0 aliphatic carbocycles. The van der Waals surface area contributed by atoms with Crippen molar-refractivity contribution in [3.05, 3.63) is 46.8 Å². The number of hydrogen-bond donors (Lipinski definition) is 3. The standard InChI is InChI=1S/C11H11N3O2.C2H4O2/c1-8(15)14-11(16)7-10(13-14)12-9-5-3-2-4-6-9;1-2(3)4/h2-7,12-13H,1H3;1H3,(H,3,4). The van der Waals surface area contributed by atoms with Crippen molar-refractivity contribution in [2.45, 2.75) is 13.8 Å². The predicted octanol–water partition coefficient (Wildman–Crippen LogP) is 1.67. The first kappa shape index (κ1) is 15.2. The number of aliphatic carboxylic acids is 1. The minimum Gasteiger partial charge on any atom is -0.481 e. The molecule has 7 heteroatoms. The van der Waals surface area contributed by atoms with Crippen molar-refractivity contribution in [3.63, 3.8) is 0 Å². The number of H-pyrrole nitrogens is 1. The van der Waals surface area contributed by atoms with E-state index in [1.54, 1.807) is 0 Å². The fourth-order valence-corrected chi connectivity index (χ4v) is 1.37. The second kappa shape index (κ2) is 6.93. The van der Waals surface area contributed by atoms with Gasteiger partial charge in [0.2, 0.25) is 5.91 Å². The number of carbonyl (C=O) groups is 2. The Bertz CT molecular complexity index is 639. The molecule has 0 spiro atoms. The van der Waals surface area contributed by atoms with Gasteiger partial charge in [0.15, 0.2) is 0 Å². The Morgan fingerprint density at radius 2 is 1.75 bits per heavy atom. The highest BCUT2D eigenvalue weighted by molar-refractivity contribution is 5.75. The van der Waals surface area contributed by atoms with Crippen molar-refractivity contribution >= 4 is 23.4 Å². The molecule has 0 saturated heterocycles. The number of rotatable bonds is 2. The van der Waals surface area contributed by atoms with Crippen LogP contribution in [0.3, 0.4) is 0 Å². The minimum absolute atomic E-state index is 0.342. The fraction of sp³-hybridized carbons (Fsp3) is 0.154. The molecule has 0 fully saturated rings. The van der Waals surface area contributed by atoms with E-state index >= 15 is 0 Å². The second-order valence-electron chi connectivity index (χ2n) is 3.87. The van der Waals surface area contributed by atoms with Gasteiger partial charge < -0.3 is 10.4 Å². The molecule has 0 saturated carbocycles. The summed E-state index contributed by atoms with van der Waals surface area (Å²) < 4.78 is 0.950. The van der Waals surface area contributed by atoms with Crippen LogP contribution >= 0.6 is 0 Å². The van der Waals surface area contributed by atoms with Crippen molar-refractivity contribution in [1.29, 1.82) is 0 Å². The molecule has 2 rings (SSSR count). The Morgan fingerprint density at radius 1 is 1.20 bits per heavy atom. The zero-order chi connectivity index (χ0) is 15.1. The molecule has 1 aromatic carbocycles. The molecule has 20 heavy (non-hydrogen) atoms. The van der Waals surface area contributed by atoms with Crippen LogP contribution in [0, 0.1) is 0 Å². The molecule has 0 aliphatic rings. The Balaban J connectivity index is 0.000000444. The first-order valence-electron chi connectivity index (χ1n) is 5.74. The van der Waals surface area contributed by atoms with E-state index in [4.69, 9.17) is 9.90 Å². The van der Waals surface area contributed by atoms with Crippen LogP contribution in [-0.4, -0.2) is 26.8 Å². The average Bonchev–Trinajstić information content (AvgIpc) is 2.71. The van der Waals surface area contributed by atoms with E-state index in [1.165, 1.54) is 13.0 Å². The molecule has 1 aromatic heterocycles. The minimum atomic E-state index is -0.833. The first-order chi connectivity index (χ1) is 9.40. The molecule has 0 aliphatic heterocycles. The molecule has 1 heterocycles. The molecule has 0 bridgehead atoms. The summed E-state index contributed by atoms with van der Waals surface area (Å²) in [5.41, 5.74) is 0.477. The number of carboxylic acid groups (broad SMARTS) is 1. The summed E-state index contributed by atoms with van der Waals surface area (Å²) in [6.07, 6.45) is 0. The molecule has 0 amide bonds. The number of hydrogen-bond acceptors (Lipinski definition) is 4. The summed E-state index contributed by atoms with van der Waals surface area (Å²) in [5, 5.41) is 13.1. The van der Waals surface area contributed by atoms with E-state index in [0.29, 0.717) is 5.82 Å². The summed E-state index contributed by atoms with van der Waals surface area (Å²) in [6.45, 7) is 2.41. The highest BCUT2D eigenvalue weighted by Crippen LogP contribution is 2.11. The van der Waals surface area contributed by atoms with Crippen LogP contribution in [0.25, 0.3) is 0 Å². The van der Waals surface area contributed by atoms with Gasteiger partial charge in [0.05, 0.1) is 0 Å². The van der Waals surface area contributed by atoms with Crippen LogP contribution in [0.2, 0.25) is 0 Å². The zero-order valence-corrected chi connectivity index (χ0v) is 11.1. The van der Waals surface area contributed by atoms with E-state index in [-0.39, 0.29) is 11.5 Å². The van der Waals surface area contributed by atoms with Gasteiger partial charge in [0.1, 0.15) is 5.82 Å². The van der Waals surface area contributed by atoms with E-state index in [0.717, 1.165) is 17.3 Å². The van der Waals surface area contributed by atoms with E-state index in [9.17, 15) is 9.59 Å². The van der Waals surface area contributed by atoms with Crippen molar-refractivity contribution in [2.75, 3.05) is 5.32 Å². The largest absolute Gasteiger partial charge is 0.481 e. The molecule has 0 atom stereocenters. The summed E-state index contributed by atoms with van der Waals surface area (Å²) in [5.74, 6) is -0.683. The van der Waals surface area contributed by atoms with Gasteiger partial charge in [-0.1, -0.05) is 18.2 Å². The van der Waals surface area contributed by atoms with Crippen LogP contribution in [0.4, 0.5) is 11.5 Å². The maximum absolute atomic E-state index is 11.3. The number of carbonyl (C=O) groups excluding carboxylic acids is 1. The topological polar surface area (TPSA) is 104 Å². The Morgan fingerprint density at radius 3 is 2.20 bits per heavy atom. The van der Waals surface area contributed by atoms with E-state index in [2.05, 4.69) is 10.4 Å². The van der Waals surface area contributed by atoms with E-state index in [1.807, 2.05) is 30.3 Å². The smallest absolute Gasteiger partial charge is 0.300 e. The number of nitrogens with zero attached hydrogens (tertiary/aromatic N) is 1. The number of aromatic amines is 1. The van der Waals surface area contributed by atoms with Gasteiger partial charge in [-0.05, 0) is 12.1 Å². The first-order valence-corrected chi connectivity index (χ1v) is 5.74. The van der Waals surface area contributed by atoms with Crippen molar-refractivity contribution in [2.24, 2.45) is 0 Å². The fourth-order valence-electron chi connectivity index (χ4n) is 1.37. The third-order valence-electron chi connectivity index (χ3n) is 2.09. The molecule has 0 unspecified atom stereocenters. The number of aromatic nitrogens is 2. The lowest BCUT2D eigenvalue weighted by Crippen LogP contribution is -2.21. The predicted molar refractivity (Wildman–Crippen MR) is 74.4 cm³/mol. The maximum atomic E-state index is 11.3. The molecular formula is C13H15N3O4. The number of nitrogens with one attached hydrogen (secondary N) is 2. The zero-order valence-electron chi connectivity index (χ0n) is 11.1. The lowest BCUT2D eigenvalue weighted by molar-refractivity contribution is -0.134. The second-order valence-corrected chi connectivity index (χ2v) is 3.87. The highest BCUT2D eigenvalue weighted by atomic mass is 16.4. The van der Waals surface area contributed by atoms with Crippen LogP contribution in [0.15, 0.2) is 41.2 Å². The number of benzene rings is 1. The quantitative estimate of drug-likeness (QED) is 0.774. The van der Waals surface area contributed by atoms with Gasteiger partial charge in [-0.3, -0.25) is 19.5 Å². The van der Waals surface area contributed by atoms with Crippen molar-refractivity contribution < 1.29 is 14.7 Å². The Kier molecular flexibility index (Phi) is 5.28. The molecule has 3 N–H and O–H groups in total. The number of anilines is 2. The number of para-hydroxylation sites is 1. The van der Waals surface area contributed by atoms with Crippen LogP contribution in [0.1, 0.15) is 18.6 Å². The Hall–Kier alpha value is -2.83. The molecular weight excluding hydrogens is 262 g/mol. The van der Waals surface area contributed by atoms with Crippen molar-refractivity contribution in [3.8, 4) is 0 Å². The monoisotopic (exact) mass is 277 g/mol. The number of carboxylic acids is 1. The van der Waals surface area contributed by atoms with Gasteiger partial charge in [0, 0.05) is 25.6 Å². The average molecular weight is 277 g/mol. The van der Waals surface area contributed by atoms with Crippen molar-refractivity contribution in [1.82, 2.24) is 9.78 Å². The summed E-state index contributed by atoms with van der Waals surface area (Å²) in [7, 11) is 0. The van der Waals surface area contributed by atoms with Gasteiger partial charge in [-0.2, -0.15) is 4.68 Å². The molecule has 0 radical (unpaired) electrons. The maximum Gasteiger partial charge on any atom is 0.300 e. The molecule has 2 aromatic rings. The van der Waals surface area contributed by atoms with Gasteiger partial charge in [0.25, 0.3) is 11.5 Å². The summed E-state index contributed by atoms with van der Waals surface area (Å²) in [6, 6.07) is 10.7. The molecule has 7 nitrogen and oxygen atoms in total. The summed E-state index contributed by atoms with van der Waals surface area (Å²) in [4.78, 5) is 31.4. The Labute approximate surface area is 114 Å². The van der Waals surface area contributed by atoms with Gasteiger partial charge >= 0.3 is 0 Å². The third kappa shape index (κ3) is 4.81. The van der Waals surface area contributed by atoms with Crippen LogP contribution < -0.4 is 10.9 Å². The van der Waals surface area contributed by atoms with Crippen LogP contribution in [0.5, 0.6) is 0 Å². The normalized spacial score (nSPS) is 9.30. The lowest BCUT2D eigenvalue weighted by Gasteiger charge is -2.02. The lowest BCUT2D eigenvalue weighted by atomic mass is 10.3. The van der Waals surface area contributed by atoms with E-state index < -0.39 is 5.97 Å². The SMILES string of the molecule is CC(=O)O.CC(=O)n1[nH]c(Nc2ccccc2)cc1=O. The van der Waals surface area contributed by atoms with Crippen LogP contribution in [-0.2, 0) is 4.79 Å². The third-order valence-corrected chi connectivity index (χ3v) is 2.09. The van der Waals surface area contributed by atoms with Gasteiger partial charge in [-0.15, -0.1) is 0 Å². The highest BCUT2D eigenvalue weighted by Gasteiger charge is 2.05. The summed E-state index contributed by atoms with van der Waals surface area (Å²) >= 11 is 0. The van der Waals surface area contributed by atoms with Gasteiger partial charge in [-0.25, -0.2) is 0 Å². The molecule has 106 valence electrons.